The van der Waals surface area contributed by atoms with Crippen molar-refractivity contribution >= 4 is 5.91 Å². The van der Waals surface area contributed by atoms with E-state index in [0.717, 1.165) is 51.4 Å². The van der Waals surface area contributed by atoms with Crippen molar-refractivity contribution in [3.05, 3.63) is 0 Å². The van der Waals surface area contributed by atoms with Crippen LogP contribution in [0.5, 0.6) is 0 Å². The van der Waals surface area contributed by atoms with Crippen molar-refractivity contribution in [1.82, 2.24) is 5.32 Å². The smallest absolute Gasteiger partial charge is 0.228 e. The third-order valence-corrected chi connectivity index (χ3v) is 5.43. The number of amides is 1. The number of hydrogen-bond donors (Lipinski definition) is 3. The van der Waals surface area contributed by atoms with E-state index in [1.807, 2.05) is 0 Å². The van der Waals surface area contributed by atoms with E-state index in [9.17, 15) is 9.90 Å². The van der Waals surface area contributed by atoms with E-state index >= 15 is 0 Å². The highest BCUT2D eigenvalue weighted by Crippen LogP contribution is 2.36. The van der Waals surface area contributed by atoms with Crippen LogP contribution in [0.1, 0.15) is 70.6 Å². The fraction of sp³-hybridized carbons (Fsp3) is 0.938. The van der Waals surface area contributed by atoms with Crippen LogP contribution in [0.15, 0.2) is 0 Å². The zero-order valence-electron chi connectivity index (χ0n) is 12.6. The first-order chi connectivity index (χ1) is 9.66. The molecular weight excluding hydrogens is 252 g/mol. The second-order valence-corrected chi connectivity index (χ2v) is 6.85. The maximum atomic E-state index is 12.8. The number of hydrogen-bond acceptors (Lipinski definition) is 3. The van der Waals surface area contributed by atoms with Crippen molar-refractivity contribution in [2.45, 2.75) is 76.2 Å². The lowest BCUT2D eigenvalue weighted by Gasteiger charge is -2.40. The molecule has 0 aromatic carbocycles. The number of nitrogens with two attached hydrogens (primary N) is 1. The molecule has 0 radical (unpaired) electrons. The van der Waals surface area contributed by atoms with Gasteiger partial charge >= 0.3 is 0 Å². The maximum absolute atomic E-state index is 12.8. The molecule has 4 nitrogen and oxygen atoms in total. The second-order valence-electron chi connectivity index (χ2n) is 6.85. The molecule has 116 valence electrons. The lowest BCUT2D eigenvalue weighted by atomic mass is 9.76. The van der Waals surface area contributed by atoms with Crippen molar-refractivity contribution in [3.63, 3.8) is 0 Å². The largest absolute Gasteiger partial charge is 0.394 e. The van der Waals surface area contributed by atoms with E-state index in [4.69, 9.17) is 5.73 Å². The summed E-state index contributed by atoms with van der Waals surface area (Å²) in [4.78, 5) is 12.8. The molecule has 0 aromatic rings. The topological polar surface area (TPSA) is 75.4 Å². The molecule has 1 amide bonds. The molecule has 0 atom stereocenters. The number of aliphatic hydroxyl groups excluding tert-OH is 1. The Morgan fingerprint density at radius 3 is 1.95 bits per heavy atom. The first kappa shape index (κ1) is 15.8. The van der Waals surface area contributed by atoms with Crippen LogP contribution < -0.4 is 11.1 Å². The van der Waals surface area contributed by atoms with Gasteiger partial charge in [-0.15, -0.1) is 0 Å². The van der Waals surface area contributed by atoms with Crippen LogP contribution >= 0.6 is 0 Å². The summed E-state index contributed by atoms with van der Waals surface area (Å²) in [5.74, 6) is 0.0952. The molecule has 20 heavy (non-hydrogen) atoms. The normalized spacial score (nSPS) is 25.7. The van der Waals surface area contributed by atoms with Gasteiger partial charge < -0.3 is 16.2 Å². The molecule has 4 heteroatoms. The molecule has 2 aliphatic rings. The Morgan fingerprint density at radius 1 is 0.950 bits per heavy atom. The summed E-state index contributed by atoms with van der Waals surface area (Å²) >= 11 is 0. The fourth-order valence-electron chi connectivity index (χ4n) is 3.85. The van der Waals surface area contributed by atoms with Crippen molar-refractivity contribution in [3.8, 4) is 0 Å². The van der Waals surface area contributed by atoms with Gasteiger partial charge in [0.15, 0.2) is 0 Å². The Balaban J connectivity index is 2.07. The summed E-state index contributed by atoms with van der Waals surface area (Å²) in [7, 11) is 0. The summed E-state index contributed by atoms with van der Waals surface area (Å²) in [6.45, 7) is 0.486. The van der Waals surface area contributed by atoms with Crippen LogP contribution in [0.4, 0.5) is 0 Å². The molecule has 0 heterocycles. The van der Waals surface area contributed by atoms with E-state index in [2.05, 4.69) is 5.32 Å². The molecule has 0 spiro atoms. The van der Waals surface area contributed by atoms with Gasteiger partial charge in [-0.25, -0.2) is 0 Å². The first-order valence-electron chi connectivity index (χ1n) is 8.30. The van der Waals surface area contributed by atoms with Crippen LogP contribution in [0, 0.1) is 5.41 Å². The second kappa shape index (κ2) is 6.90. The van der Waals surface area contributed by atoms with Gasteiger partial charge in [-0.05, 0) is 25.7 Å². The molecule has 2 fully saturated rings. The fourth-order valence-corrected chi connectivity index (χ4v) is 3.85. The highest BCUT2D eigenvalue weighted by Gasteiger charge is 2.42. The average molecular weight is 282 g/mol. The standard InChI is InChI=1S/C16H30N2O2/c17-12-15(8-4-1-2-5-9-15)14(20)18-16(13-19)10-6-3-7-11-16/h19H,1-13,17H2,(H,18,20). The average Bonchev–Trinajstić information content (AvgIpc) is 2.74. The molecule has 0 unspecified atom stereocenters. The molecule has 4 N–H and O–H groups in total. The van der Waals surface area contributed by atoms with Gasteiger partial charge in [0, 0.05) is 6.54 Å². The number of carbonyl (C=O) groups is 1. The predicted molar refractivity (Wildman–Crippen MR) is 80.2 cm³/mol. The zero-order valence-corrected chi connectivity index (χ0v) is 12.6. The minimum Gasteiger partial charge on any atom is -0.394 e. The summed E-state index contributed by atoms with van der Waals surface area (Å²) in [6.07, 6.45) is 11.6. The third kappa shape index (κ3) is 3.34. The number of rotatable bonds is 4. The SMILES string of the molecule is NCC1(C(=O)NC2(CO)CCCCC2)CCCCCC1. The molecule has 2 aliphatic carbocycles. The molecule has 2 saturated carbocycles. The van der Waals surface area contributed by atoms with E-state index in [-0.39, 0.29) is 18.1 Å². The Hall–Kier alpha value is -0.610. The van der Waals surface area contributed by atoms with Crippen LogP contribution in [0.3, 0.4) is 0 Å². The molecule has 0 saturated heterocycles. The minimum atomic E-state index is -0.393. The molecule has 2 rings (SSSR count). The van der Waals surface area contributed by atoms with Crippen LogP contribution in [0.2, 0.25) is 0 Å². The van der Waals surface area contributed by atoms with Crippen molar-refractivity contribution in [2.75, 3.05) is 13.2 Å². The minimum absolute atomic E-state index is 0.0550. The summed E-state index contributed by atoms with van der Waals surface area (Å²) in [6, 6.07) is 0. The highest BCUT2D eigenvalue weighted by atomic mass is 16.3. The summed E-state index contributed by atoms with van der Waals surface area (Å²) < 4.78 is 0. The number of carbonyl (C=O) groups excluding carboxylic acids is 1. The Kier molecular flexibility index (Phi) is 5.44. The first-order valence-corrected chi connectivity index (χ1v) is 8.30. The van der Waals surface area contributed by atoms with Crippen LogP contribution in [0.25, 0.3) is 0 Å². The van der Waals surface area contributed by atoms with Gasteiger partial charge in [-0.2, -0.15) is 0 Å². The van der Waals surface area contributed by atoms with Crippen molar-refractivity contribution in [2.24, 2.45) is 11.1 Å². The quantitative estimate of drug-likeness (QED) is 0.691. The lowest BCUT2D eigenvalue weighted by Crippen LogP contribution is -2.58. The zero-order chi connectivity index (χ0) is 14.5. The van der Waals surface area contributed by atoms with Crippen molar-refractivity contribution < 1.29 is 9.90 Å². The van der Waals surface area contributed by atoms with Crippen molar-refractivity contribution in [1.29, 1.82) is 0 Å². The van der Waals surface area contributed by atoms with E-state index < -0.39 is 5.41 Å². The van der Waals surface area contributed by atoms with E-state index in [1.165, 1.54) is 19.3 Å². The van der Waals surface area contributed by atoms with Gasteiger partial charge in [0.25, 0.3) is 0 Å². The van der Waals surface area contributed by atoms with E-state index in [1.54, 1.807) is 0 Å². The number of aliphatic hydroxyl groups is 1. The highest BCUT2D eigenvalue weighted by molar-refractivity contribution is 5.83. The van der Waals surface area contributed by atoms with Gasteiger partial charge in [-0.1, -0.05) is 44.9 Å². The Bertz CT molecular complexity index is 316. The van der Waals surface area contributed by atoms with Gasteiger partial charge in [0.1, 0.15) is 0 Å². The molecule has 0 aromatic heterocycles. The number of nitrogens with one attached hydrogen (secondary N) is 1. The maximum Gasteiger partial charge on any atom is 0.228 e. The lowest BCUT2D eigenvalue weighted by molar-refractivity contribution is -0.134. The van der Waals surface area contributed by atoms with E-state index in [0.29, 0.717) is 6.54 Å². The summed E-state index contributed by atoms with van der Waals surface area (Å²) in [5.41, 5.74) is 5.20. The van der Waals surface area contributed by atoms with Crippen LogP contribution in [-0.2, 0) is 4.79 Å². The molecule has 0 aliphatic heterocycles. The van der Waals surface area contributed by atoms with Crippen LogP contribution in [-0.4, -0.2) is 29.7 Å². The third-order valence-electron chi connectivity index (χ3n) is 5.43. The van der Waals surface area contributed by atoms with Gasteiger partial charge in [0.05, 0.1) is 17.6 Å². The Morgan fingerprint density at radius 2 is 1.45 bits per heavy atom. The monoisotopic (exact) mass is 282 g/mol. The molecular formula is C16H30N2O2. The van der Waals surface area contributed by atoms with Gasteiger partial charge in [0.2, 0.25) is 5.91 Å². The molecule has 0 bridgehead atoms. The summed E-state index contributed by atoms with van der Waals surface area (Å²) in [5, 5.41) is 13.0. The van der Waals surface area contributed by atoms with Gasteiger partial charge in [-0.3, -0.25) is 4.79 Å². The Labute approximate surface area is 122 Å². The predicted octanol–water partition coefficient (Wildman–Crippen LogP) is 2.10.